The number of aryl methyl sites for hydroxylation is 1. The highest BCUT2D eigenvalue weighted by Gasteiger charge is 2.36. The van der Waals surface area contributed by atoms with E-state index in [1.165, 1.54) is 12.1 Å². The zero-order chi connectivity index (χ0) is 11.6. The Balaban J connectivity index is 2.78. The van der Waals surface area contributed by atoms with E-state index in [0.717, 1.165) is 0 Å². The van der Waals surface area contributed by atoms with E-state index in [-0.39, 0.29) is 12.2 Å². The van der Waals surface area contributed by atoms with Crippen LogP contribution in [0.2, 0.25) is 0 Å². The highest BCUT2D eigenvalue weighted by molar-refractivity contribution is 5.35. The Morgan fingerprint density at radius 1 is 1.40 bits per heavy atom. The fraction of sp³-hybridized carbons (Fsp3) is 0.400. The zero-order valence-electron chi connectivity index (χ0n) is 8.17. The van der Waals surface area contributed by atoms with Gasteiger partial charge >= 0.3 is 6.18 Å². The number of phenolic OH excluding ortho intramolecular Hbond substituents is 1. The van der Waals surface area contributed by atoms with Crippen molar-refractivity contribution in [2.24, 2.45) is 5.73 Å². The van der Waals surface area contributed by atoms with Crippen LogP contribution in [-0.2, 0) is 6.42 Å². The fourth-order valence-corrected chi connectivity index (χ4v) is 1.15. The molecule has 0 aliphatic rings. The molecule has 3 N–H and O–H groups in total. The molecular formula is C10H12F3NO. The second kappa shape index (κ2) is 4.10. The molecule has 0 fully saturated rings. The fourth-order valence-electron chi connectivity index (χ4n) is 1.15. The van der Waals surface area contributed by atoms with Crippen LogP contribution >= 0.6 is 0 Å². The summed E-state index contributed by atoms with van der Waals surface area (Å²) in [6.45, 7) is 1.67. The Hall–Kier alpha value is -1.23. The number of halogens is 3. The van der Waals surface area contributed by atoms with E-state index in [9.17, 15) is 18.3 Å². The Morgan fingerprint density at radius 3 is 2.47 bits per heavy atom. The molecule has 1 atom stereocenters. The maximum absolute atomic E-state index is 12.1. The van der Waals surface area contributed by atoms with E-state index in [0.29, 0.717) is 11.1 Å². The summed E-state index contributed by atoms with van der Waals surface area (Å²) >= 11 is 0. The van der Waals surface area contributed by atoms with Gasteiger partial charge in [-0.2, -0.15) is 13.2 Å². The molecule has 2 nitrogen and oxygen atoms in total. The topological polar surface area (TPSA) is 46.2 Å². The van der Waals surface area contributed by atoms with Crippen molar-refractivity contribution < 1.29 is 18.3 Å². The quantitative estimate of drug-likeness (QED) is 0.800. The molecule has 1 aromatic carbocycles. The van der Waals surface area contributed by atoms with Gasteiger partial charge in [0.1, 0.15) is 11.8 Å². The predicted molar refractivity (Wildman–Crippen MR) is 50.6 cm³/mol. The monoisotopic (exact) mass is 219 g/mol. The summed E-state index contributed by atoms with van der Waals surface area (Å²) in [5.41, 5.74) is 5.97. The molecule has 5 heteroatoms. The van der Waals surface area contributed by atoms with E-state index in [4.69, 9.17) is 5.73 Å². The summed E-state index contributed by atoms with van der Waals surface area (Å²) in [7, 11) is 0. The second-order valence-corrected chi connectivity index (χ2v) is 3.47. The molecule has 0 heterocycles. The lowest BCUT2D eigenvalue weighted by Gasteiger charge is -2.15. The van der Waals surface area contributed by atoms with Gasteiger partial charge < -0.3 is 10.8 Å². The molecule has 1 aromatic rings. The first-order valence-electron chi connectivity index (χ1n) is 4.41. The van der Waals surface area contributed by atoms with E-state index < -0.39 is 12.2 Å². The van der Waals surface area contributed by atoms with Crippen LogP contribution in [0.15, 0.2) is 18.2 Å². The Labute approximate surface area is 85.5 Å². The van der Waals surface area contributed by atoms with Crippen molar-refractivity contribution in [2.45, 2.75) is 25.6 Å². The normalized spacial score (nSPS) is 13.9. The molecule has 1 rings (SSSR count). The molecule has 0 bridgehead atoms. The van der Waals surface area contributed by atoms with Gasteiger partial charge in [0.2, 0.25) is 0 Å². The minimum atomic E-state index is -4.40. The average molecular weight is 219 g/mol. The molecule has 0 amide bonds. The van der Waals surface area contributed by atoms with Crippen molar-refractivity contribution in [3.8, 4) is 5.75 Å². The van der Waals surface area contributed by atoms with Gasteiger partial charge in [0.15, 0.2) is 0 Å². The molecule has 0 aliphatic carbocycles. The van der Waals surface area contributed by atoms with E-state index in [1.54, 1.807) is 13.0 Å². The van der Waals surface area contributed by atoms with Gasteiger partial charge in [-0.15, -0.1) is 0 Å². The van der Waals surface area contributed by atoms with Crippen LogP contribution in [0.3, 0.4) is 0 Å². The van der Waals surface area contributed by atoms with Crippen molar-refractivity contribution in [1.29, 1.82) is 0 Å². The van der Waals surface area contributed by atoms with E-state index in [2.05, 4.69) is 0 Å². The number of phenols is 1. The third kappa shape index (κ3) is 3.13. The molecule has 0 aromatic heterocycles. The summed E-state index contributed by atoms with van der Waals surface area (Å²) in [6.07, 6.45) is -4.72. The first-order chi connectivity index (χ1) is 6.80. The highest BCUT2D eigenvalue weighted by atomic mass is 19.4. The minimum absolute atomic E-state index is 0.0122. The standard InChI is InChI=1S/C10H12F3NO/c1-6-2-3-7(4-8(6)15)5-9(14)10(11,12)13/h2-4,9,15H,5,14H2,1H3. The van der Waals surface area contributed by atoms with Crippen LogP contribution in [0, 0.1) is 6.92 Å². The first kappa shape index (κ1) is 11.8. The highest BCUT2D eigenvalue weighted by Crippen LogP contribution is 2.24. The maximum atomic E-state index is 12.1. The molecular weight excluding hydrogens is 207 g/mol. The van der Waals surface area contributed by atoms with Crippen molar-refractivity contribution >= 4 is 0 Å². The molecule has 0 saturated heterocycles. The van der Waals surface area contributed by atoms with Gasteiger partial charge in [-0.1, -0.05) is 12.1 Å². The number of nitrogens with two attached hydrogens (primary N) is 1. The van der Waals surface area contributed by atoms with E-state index in [1.807, 2.05) is 0 Å². The van der Waals surface area contributed by atoms with E-state index >= 15 is 0 Å². The third-order valence-electron chi connectivity index (χ3n) is 2.15. The Bertz CT molecular complexity index is 349. The third-order valence-corrected chi connectivity index (χ3v) is 2.15. The Kier molecular flexibility index (Phi) is 3.24. The van der Waals surface area contributed by atoms with Gasteiger partial charge in [0.05, 0.1) is 0 Å². The van der Waals surface area contributed by atoms with Crippen molar-refractivity contribution in [3.63, 3.8) is 0 Å². The molecule has 84 valence electrons. The average Bonchev–Trinajstić information content (AvgIpc) is 2.10. The summed E-state index contributed by atoms with van der Waals surface area (Å²) in [5.74, 6) is -0.0122. The van der Waals surface area contributed by atoms with Crippen molar-refractivity contribution in [1.82, 2.24) is 0 Å². The van der Waals surface area contributed by atoms with Crippen LogP contribution in [0.1, 0.15) is 11.1 Å². The maximum Gasteiger partial charge on any atom is 0.403 e. The number of hydrogen-bond acceptors (Lipinski definition) is 2. The lowest BCUT2D eigenvalue weighted by atomic mass is 10.0. The number of alkyl halides is 3. The number of aromatic hydroxyl groups is 1. The molecule has 0 spiro atoms. The van der Waals surface area contributed by atoms with Crippen LogP contribution in [0.5, 0.6) is 5.75 Å². The summed E-state index contributed by atoms with van der Waals surface area (Å²) in [5, 5.41) is 9.29. The number of benzene rings is 1. The molecule has 0 aliphatic heterocycles. The van der Waals surface area contributed by atoms with Crippen molar-refractivity contribution in [2.75, 3.05) is 0 Å². The second-order valence-electron chi connectivity index (χ2n) is 3.47. The summed E-state index contributed by atoms with van der Waals surface area (Å²) in [4.78, 5) is 0. The molecule has 15 heavy (non-hydrogen) atoms. The molecule has 1 unspecified atom stereocenters. The van der Waals surface area contributed by atoms with Gasteiger partial charge in [-0.25, -0.2) is 0 Å². The molecule has 0 radical (unpaired) electrons. The number of hydrogen-bond donors (Lipinski definition) is 2. The van der Waals surface area contributed by atoms with Crippen LogP contribution < -0.4 is 5.73 Å². The van der Waals surface area contributed by atoms with Gasteiger partial charge in [-0.3, -0.25) is 0 Å². The van der Waals surface area contributed by atoms with Gasteiger partial charge in [0, 0.05) is 0 Å². The summed E-state index contributed by atoms with van der Waals surface area (Å²) < 4.78 is 36.4. The van der Waals surface area contributed by atoms with Crippen LogP contribution in [-0.4, -0.2) is 17.3 Å². The van der Waals surface area contributed by atoms with Crippen LogP contribution in [0.25, 0.3) is 0 Å². The summed E-state index contributed by atoms with van der Waals surface area (Å²) in [6, 6.07) is 2.51. The zero-order valence-corrected chi connectivity index (χ0v) is 8.17. The van der Waals surface area contributed by atoms with Gasteiger partial charge in [-0.05, 0) is 30.5 Å². The largest absolute Gasteiger partial charge is 0.508 e. The SMILES string of the molecule is Cc1ccc(CC(N)C(F)(F)F)cc1O. The lowest BCUT2D eigenvalue weighted by molar-refractivity contribution is -0.147. The number of rotatable bonds is 2. The first-order valence-corrected chi connectivity index (χ1v) is 4.41. The minimum Gasteiger partial charge on any atom is -0.508 e. The molecule has 0 saturated carbocycles. The Morgan fingerprint density at radius 2 is 2.00 bits per heavy atom. The van der Waals surface area contributed by atoms with Crippen LogP contribution in [0.4, 0.5) is 13.2 Å². The van der Waals surface area contributed by atoms with Crippen molar-refractivity contribution in [3.05, 3.63) is 29.3 Å². The smallest absolute Gasteiger partial charge is 0.403 e. The van der Waals surface area contributed by atoms with Gasteiger partial charge in [0.25, 0.3) is 0 Å². The lowest BCUT2D eigenvalue weighted by Crippen LogP contribution is -2.39. The predicted octanol–water partition coefficient (Wildman–Crippen LogP) is 2.13.